The molecule has 0 aliphatic carbocycles. The highest BCUT2D eigenvalue weighted by atomic mass is 19.1. The summed E-state index contributed by atoms with van der Waals surface area (Å²) in [5.41, 5.74) is 1.59. The first-order chi connectivity index (χ1) is 10.0. The summed E-state index contributed by atoms with van der Waals surface area (Å²) in [7, 11) is 0. The van der Waals surface area contributed by atoms with Gasteiger partial charge in [0, 0.05) is 5.56 Å². The molecule has 1 aromatic carbocycles. The summed E-state index contributed by atoms with van der Waals surface area (Å²) < 4.78 is 19.0. The van der Waals surface area contributed by atoms with Crippen molar-refractivity contribution in [1.29, 1.82) is 0 Å². The summed E-state index contributed by atoms with van der Waals surface area (Å²) in [6.45, 7) is 12.2. The Balaban J connectivity index is 0.00000191. The van der Waals surface area contributed by atoms with Gasteiger partial charge in [0.1, 0.15) is 25.0 Å². The van der Waals surface area contributed by atoms with Gasteiger partial charge in [-0.1, -0.05) is 50.3 Å². The Morgan fingerprint density at radius 1 is 1.29 bits per heavy atom. The third-order valence-corrected chi connectivity index (χ3v) is 2.84. The molecule has 0 aromatic heterocycles. The molecule has 1 rings (SSSR count). The van der Waals surface area contributed by atoms with Crippen LogP contribution in [0, 0.1) is 11.7 Å². The Hall–Kier alpha value is -2.16. The van der Waals surface area contributed by atoms with E-state index in [1.54, 1.807) is 18.2 Å². The zero-order valence-corrected chi connectivity index (χ0v) is 12.9. The minimum absolute atomic E-state index is 0.227. The van der Waals surface area contributed by atoms with Crippen LogP contribution in [0.5, 0.6) is 0 Å². The molecule has 21 heavy (non-hydrogen) atoms. The van der Waals surface area contributed by atoms with E-state index in [0.717, 1.165) is 5.57 Å². The van der Waals surface area contributed by atoms with E-state index in [9.17, 15) is 4.39 Å². The lowest BCUT2D eigenvalue weighted by Crippen LogP contribution is -1.95. The Labute approximate surface area is 126 Å². The molecule has 0 fully saturated rings. The molecule has 114 valence electrons. The van der Waals surface area contributed by atoms with Gasteiger partial charge in [0.15, 0.2) is 0 Å². The van der Waals surface area contributed by atoms with Crippen molar-refractivity contribution < 1.29 is 13.9 Å². The third kappa shape index (κ3) is 7.25. The fourth-order valence-corrected chi connectivity index (χ4v) is 1.39. The van der Waals surface area contributed by atoms with Gasteiger partial charge >= 0.3 is 0 Å². The predicted molar refractivity (Wildman–Crippen MR) is 85.2 cm³/mol. The molecule has 0 N–H and O–H groups in total. The maximum absolute atomic E-state index is 13.4. The molecule has 0 atom stereocenters. The Morgan fingerprint density at radius 2 is 1.90 bits per heavy atom. The van der Waals surface area contributed by atoms with Gasteiger partial charge in [0.2, 0.25) is 0 Å². The van der Waals surface area contributed by atoms with Crippen LogP contribution in [0.25, 0.3) is 0 Å². The predicted octanol–water partition coefficient (Wildman–Crippen LogP) is 4.83. The third-order valence-electron chi connectivity index (χ3n) is 2.84. The van der Waals surface area contributed by atoms with E-state index in [1.807, 2.05) is 31.9 Å². The van der Waals surface area contributed by atoms with Crippen LogP contribution < -0.4 is 0 Å². The van der Waals surface area contributed by atoms with Gasteiger partial charge < -0.3 is 9.53 Å². The number of carbonyl (C=O) groups is 1. The summed E-state index contributed by atoms with van der Waals surface area (Å²) in [4.78, 5) is 8.00. The lowest BCUT2D eigenvalue weighted by atomic mass is 10.1. The Morgan fingerprint density at radius 3 is 2.43 bits per heavy atom. The number of ether oxygens (including phenoxy) is 1. The molecule has 2 nitrogen and oxygen atoms in total. The first-order valence-electron chi connectivity index (χ1n) is 6.72. The van der Waals surface area contributed by atoms with E-state index < -0.39 is 0 Å². The molecule has 0 saturated carbocycles. The quantitative estimate of drug-likeness (QED) is 0.554. The molecule has 3 heteroatoms. The molecular weight excluding hydrogens is 267 g/mol. The van der Waals surface area contributed by atoms with Crippen molar-refractivity contribution in [3.05, 3.63) is 71.8 Å². The van der Waals surface area contributed by atoms with E-state index in [1.165, 1.54) is 6.07 Å². The van der Waals surface area contributed by atoms with Gasteiger partial charge in [-0.15, -0.1) is 0 Å². The molecule has 0 spiro atoms. The summed E-state index contributed by atoms with van der Waals surface area (Å²) in [6.07, 6.45) is 5.65. The highest BCUT2D eigenvalue weighted by Gasteiger charge is 2.02. The molecule has 0 aliphatic heterocycles. The average molecular weight is 290 g/mol. The molecule has 1 aromatic rings. The van der Waals surface area contributed by atoms with Crippen LogP contribution in [-0.2, 0) is 16.1 Å². The van der Waals surface area contributed by atoms with E-state index in [2.05, 4.69) is 20.4 Å². The highest BCUT2D eigenvalue weighted by molar-refractivity contribution is 5.24. The molecular formula is C18H23FO2. The van der Waals surface area contributed by atoms with Gasteiger partial charge in [-0.25, -0.2) is 4.39 Å². The summed E-state index contributed by atoms with van der Waals surface area (Å²) >= 11 is 0. The summed E-state index contributed by atoms with van der Waals surface area (Å²) in [5, 5.41) is 0. The normalized spacial score (nSPS) is 11.2. The van der Waals surface area contributed by atoms with Crippen LogP contribution in [0.3, 0.4) is 0 Å². The van der Waals surface area contributed by atoms with Crippen LogP contribution >= 0.6 is 0 Å². The van der Waals surface area contributed by atoms with Crippen molar-refractivity contribution in [3.8, 4) is 0 Å². The fraction of sp³-hybridized carbons (Fsp3) is 0.278. The zero-order valence-electron chi connectivity index (χ0n) is 12.9. The van der Waals surface area contributed by atoms with Crippen molar-refractivity contribution >= 4 is 6.79 Å². The standard InChI is InChI=1S/C17H21FO.CH2O/c1-5-16(11-10-14(4)13(2)3)19-12-15-8-6-7-9-17(15)18;1-2/h5-11,13H,4,12H2,1-3H3;1H2/b11-10-,16-5+;. The van der Waals surface area contributed by atoms with Crippen LogP contribution in [-0.4, -0.2) is 6.79 Å². The first kappa shape index (κ1) is 18.8. The lowest BCUT2D eigenvalue weighted by Gasteiger charge is -2.08. The fourth-order valence-electron chi connectivity index (χ4n) is 1.39. The van der Waals surface area contributed by atoms with E-state index in [0.29, 0.717) is 17.2 Å². The van der Waals surface area contributed by atoms with Crippen molar-refractivity contribution in [2.24, 2.45) is 5.92 Å². The van der Waals surface area contributed by atoms with Crippen molar-refractivity contribution in [3.63, 3.8) is 0 Å². The smallest absolute Gasteiger partial charge is 0.129 e. The largest absolute Gasteiger partial charge is 0.489 e. The number of allylic oxidation sites excluding steroid dienone is 4. The highest BCUT2D eigenvalue weighted by Crippen LogP contribution is 2.13. The second-order valence-corrected chi connectivity index (χ2v) is 4.63. The van der Waals surface area contributed by atoms with Crippen molar-refractivity contribution in [2.75, 3.05) is 0 Å². The molecule has 0 unspecified atom stereocenters. The number of rotatable bonds is 6. The number of halogens is 1. The van der Waals surface area contributed by atoms with Crippen LogP contribution in [0.2, 0.25) is 0 Å². The maximum Gasteiger partial charge on any atom is 0.129 e. The minimum Gasteiger partial charge on any atom is -0.489 e. The second kappa shape index (κ2) is 10.6. The summed E-state index contributed by atoms with van der Waals surface area (Å²) in [5.74, 6) is 0.875. The molecule has 0 saturated heterocycles. The topological polar surface area (TPSA) is 26.3 Å². The van der Waals surface area contributed by atoms with Gasteiger partial charge in [-0.2, -0.15) is 0 Å². The zero-order chi connectivity index (χ0) is 16.3. The van der Waals surface area contributed by atoms with Crippen LogP contribution in [0.1, 0.15) is 26.3 Å². The van der Waals surface area contributed by atoms with Crippen molar-refractivity contribution in [1.82, 2.24) is 0 Å². The Bertz CT molecular complexity index is 502. The van der Waals surface area contributed by atoms with Gasteiger partial charge in [0.25, 0.3) is 0 Å². The molecule has 0 amide bonds. The van der Waals surface area contributed by atoms with Gasteiger partial charge in [-0.05, 0) is 31.1 Å². The van der Waals surface area contributed by atoms with E-state index >= 15 is 0 Å². The number of carbonyl (C=O) groups excluding carboxylic acids is 1. The SMILES string of the molecule is C=C(/C=C\C(=C/C)OCc1ccccc1F)C(C)C.C=O. The molecule has 0 radical (unpaired) electrons. The van der Waals surface area contributed by atoms with Gasteiger partial charge in [0.05, 0.1) is 0 Å². The van der Waals surface area contributed by atoms with Crippen LogP contribution in [0.4, 0.5) is 4.39 Å². The molecule has 0 aliphatic rings. The first-order valence-corrected chi connectivity index (χ1v) is 6.72. The summed E-state index contributed by atoms with van der Waals surface area (Å²) in [6, 6.07) is 6.62. The lowest BCUT2D eigenvalue weighted by molar-refractivity contribution is -0.0979. The van der Waals surface area contributed by atoms with Crippen LogP contribution in [0.15, 0.2) is 60.4 Å². The molecule has 0 bridgehead atoms. The molecule has 0 heterocycles. The van der Waals surface area contributed by atoms with E-state index in [-0.39, 0.29) is 12.4 Å². The minimum atomic E-state index is -0.242. The van der Waals surface area contributed by atoms with Gasteiger partial charge in [-0.3, -0.25) is 0 Å². The maximum atomic E-state index is 13.4. The monoisotopic (exact) mass is 290 g/mol. The van der Waals surface area contributed by atoms with E-state index in [4.69, 9.17) is 9.53 Å². The second-order valence-electron chi connectivity index (χ2n) is 4.63. The average Bonchev–Trinajstić information content (AvgIpc) is 2.50. The number of hydrogen-bond acceptors (Lipinski definition) is 2. The number of hydrogen-bond donors (Lipinski definition) is 0. The number of benzene rings is 1. The van der Waals surface area contributed by atoms with Crippen molar-refractivity contribution in [2.45, 2.75) is 27.4 Å². The Kier molecular flexibility index (Phi) is 9.52.